The summed E-state index contributed by atoms with van der Waals surface area (Å²) < 4.78 is 0.744. The van der Waals surface area contributed by atoms with E-state index in [9.17, 15) is 4.79 Å². The highest BCUT2D eigenvalue weighted by Gasteiger charge is 2.10. The Morgan fingerprint density at radius 2 is 1.82 bits per heavy atom. The molecule has 0 atom stereocenters. The third-order valence-corrected chi connectivity index (χ3v) is 2.76. The minimum Gasteiger partial charge on any atom is -0.478 e. The summed E-state index contributed by atoms with van der Waals surface area (Å²) in [6.45, 7) is 0. The number of carboxylic acids is 1. The molecular formula is C13H10BrNO2. The van der Waals surface area contributed by atoms with E-state index in [4.69, 9.17) is 5.11 Å². The van der Waals surface area contributed by atoms with Gasteiger partial charge in [-0.25, -0.2) is 4.79 Å². The molecule has 0 aromatic heterocycles. The van der Waals surface area contributed by atoms with Crippen LogP contribution < -0.4 is 5.32 Å². The van der Waals surface area contributed by atoms with Crippen LogP contribution in [0.25, 0.3) is 0 Å². The van der Waals surface area contributed by atoms with Crippen LogP contribution in [0.3, 0.4) is 0 Å². The largest absolute Gasteiger partial charge is 0.478 e. The van der Waals surface area contributed by atoms with Gasteiger partial charge in [0.25, 0.3) is 0 Å². The number of hydrogen-bond donors (Lipinski definition) is 2. The molecule has 0 unspecified atom stereocenters. The number of anilines is 2. The Bertz CT molecular complexity index is 540. The number of halogens is 1. The van der Waals surface area contributed by atoms with Gasteiger partial charge in [0, 0.05) is 10.2 Å². The van der Waals surface area contributed by atoms with E-state index in [-0.39, 0.29) is 5.56 Å². The summed E-state index contributed by atoms with van der Waals surface area (Å²) in [5, 5.41) is 12.2. The van der Waals surface area contributed by atoms with Crippen LogP contribution >= 0.6 is 15.9 Å². The van der Waals surface area contributed by atoms with E-state index in [1.54, 1.807) is 18.2 Å². The number of nitrogens with one attached hydrogen (secondary N) is 1. The average molecular weight is 292 g/mol. The number of hydrogen-bond acceptors (Lipinski definition) is 2. The Balaban J connectivity index is 2.36. The van der Waals surface area contributed by atoms with Crippen LogP contribution in [-0.4, -0.2) is 11.1 Å². The van der Waals surface area contributed by atoms with Gasteiger partial charge in [-0.15, -0.1) is 0 Å². The van der Waals surface area contributed by atoms with Crippen molar-refractivity contribution in [2.24, 2.45) is 0 Å². The first-order valence-electron chi connectivity index (χ1n) is 5.02. The van der Waals surface area contributed by atoms with Crippen molar-refractivity contribution < 1.29 is 9.90 Å². The number of aromatic carboxylic acids is 1. The Labute approximate surface area is 107 Å². The van der Waals surface area contributed by atoms with E-state index >= 15 is 0 Å². The summed E-state index contributed by atoms with van der Waals surface area (Å²) >= 11 is 3.26. The SMILES string of the molecule is O=C(O)c1cc(Br)ccc1Nc1ccccc1. The standard InChI is InChI=1S/C13H10BrNO2/c14-9-6-7-12(11(8-9)13(16)17)15-10-4-2-1-3-5-10/h1-8,15H,(H,16,17). The predicted octanol–water partition coefficient (Wildman–Crippen LogP) is 3.89. The second kappa shape index (κ2) is 5.01. The molecule has 0 spiro atoms. The van der Waals surface area contributed by atoms with E-state index in [2.05, 4.69) is 21.2 Å². The lowest BCUT2D eigenvalue weighted by atomic mass is 10.1. The highest BCUT2D eigenvalue weighted by molar-refractivity contribution is 9.10. The van der Waals surface area contributed by atoms with Crippen molar-refractivity contribution in [3.05, 3.63) is 58.6 Å². The predicted molar refractivity (Wildman–Crippen MR) is 70.8 cm³/mol. The zero-order valence-corrected chi connectivity index (χ0v) is 10.4. The molecule has 4 heteroatoms. The third kappa shape index (κ3) is 2.85. The molecule has 3 nitrogen and oxygen atoms in total. The number of para-hydroxylation sites is 1. The van der Waals surface area contributed by atoms with Crippen LogP contribution in [0.5, 0.6) is 0 Å². The molecule has 0 saturated carbocycles. The van der Waals surface area contributed by atoms with Crippen molar-refractivity contribution >= 4 is 33.3 Å². The monoisotopic (exact) mass is 291 g/mol. The van der Waals surface area contributed by atoms with Crippen LogP contribution in [0, 0.1) is 0 Å². The lowest BCUT2D eigenvalue weighted by Crippen LogP contribution is -2.02. The van der Waals surface area contributed by atoms with E-state index < -0.39 is 5.97 Å². The van der Waals surface area contributed by atoms with Crippen LogP contribution in [0.1, 0.15) is 10.4 Å². The first-order chi connectivity index (χ1) is 8.16. The fraction of sp³-hybridized carbons (Fsp3) is 0. The summed E-state index contributed by atoms with van der Waals surface area (Å²) in [4.78, 5) is 11.1. The maximum Gasteiger partial charge on any atom is 0.337 e. The molecular weight excluding hydrogens is 282 g/mol. The molecule has 2 rings (SSSR count). The van der Waals surface area contributed by atoms with Gasteiger partial charge >= 0.3 is 5.97 Å². The molecule has 86 valence electrons. The lowest BCUT2D eigenvalue weighted by Gasteiger charge is -2.09. The van der Waals surface area contributed by atoms with Gasteiger partial charge in [-0.05, 0) is 30.3 Å². The number of carbonyl (C=O) groups is 1. The van der Waals surface area contributed by atoms with E-state index in [0.717, 1.165) is 10.2 Å². The van der Waals surface area contributed by atoms with Gasteiger partial charge in [-0.1, -0.05) is 34.1 Å². The maximum atomic E-state index is 11.1. The molecule has 0 bridgehead atoms. The molecule has 0 aliphatic heterocycles. The summed E-state index contributed by atoms with van der Waals surface area (Å²) in [5.74, 6) is -0.954. The highest BCUT2D eigenvalue weighted by Crippen LogP contribution is 2.24. The average Bonchev–Trinajstić information content (AvgIpc) is 2.32. The summed E-state index contributed by atoms with van der Waals surface area (Å²) in [7, 11) is 0. The number of carboxylic acid groups (broad SMARTS) is 1. The smallest absolute Gasteiger partial charge is 0.337 e. The van der Waals surface area contributed by atoms with Crippen LogP contribution in [0.2, 0.25) is 0 Å². The molecule has 0 aliphatic rings. The Morgan fingerprint density at radius 3 is 2.47 bits per heavy atom. The molecule has 0 radical (unpaired) electrons. The van der Waals surface area contributed by atoms with Gasteiger partial charge in [-0.2, -0.15) is 0 Å². The quantitative estimate of drug-likeness (QED) is 0.902. The second-order valence-electron chi connectivity index (χ2n) is 3.49. The van der Waals surface area contributed by atoms with Gasteiger partial charge in [0.1, 0.15) is 0 Å². The van der Waals surface area contributed by atoms with Crippen molar-refractivity contribution in [1.29, 1.82) is 0 Å². The minimum atomic E-state index is -0.954. The van der Waals surface area contributed by atoms with Crippen molar-refractivity contribution in [3.63, 3.8) is 0 Å². The van der Waals surface area contributed by atoms with Gasteiger partial charge in [-0.3, -0.25) is 0 Å². The highest BCUT2D eigenvalue weighted by atomic mass is 79.9. The van der Waals surface area contributed by atoms with Crippen molar-refractivity contribution in [1.82, 2.24) is 0 Å². The van der Waals surface area contributed by atoms with Crippen LogP contribution in [0.4, 0.5) is 11.4 Å². The fourth-order valence-corrected chi connectivity index (χ4v) is 1.84. The van der Waals surface area contributed by atoms with Crippen molar-refractivity contribution in [3.8, 4) is 0 Å². The topological polar surface area (TPSA) is 49.3 Å². The molecule has 0 aliphatic carbocycles. The van der Waals surface area contributed by atoms with Gasteiger partial charge in [0.2, 0.25) is 0 Å². The first-order valence-corrected chi connectivity index (χ1v) is 5.81. The Morgan fingerprint density at radius 1 is 1.12 bits per heavy atom. The third-order valence-electron chi connectivity index (χ3n) is 2.26. The van der Waals surface area contributed by atoms with Gasteiger partial charge < -0.3 is 10.4 Å². The molecule has 17 heavy (non-hydrogen) atoms. The van der Waals surface area contributed by atoms with E-state index in [0.29, 0.717) is 5.69 Å². The molecule has 2 aromatic carbocycles. The number of benzene rings is 2. The second-order valence-corrected chi connectivity index (χ2v) is 4.40. The molecule has 2 N–H and O–H groups in total. The molecule has 0 saturated heterocycles. The van der Waals surface area contributed by atoms with Crippen LogP contribution in [-0.2, 0) is 0 Å². The Hall–Kier alpha value is -1.81. The Kier molecular flexibility index (Phi) is 3.44. The summed E-state index contributed by atoms with van der Waals surface area (Å²) in [6.07, 6.45) is 0. The minimum absolute atomic E-state index is 0.239. The molecule has 0 amide bonds. The zero-order chi connectivity index (χ0) is 12.3. The summed E-state index contributed by atoms with van der Waals surface area (Å²) in [6, 6.07) is 14.6. The van der Waals surface area contributed by atoms with E-state index in [1.165, 1.54) is 0 Å². The van der Waals surface area contributed by atoms with Crippen molar-refractivity contribution in [2.75, 3.05) is 5.32 Å². The molecule has 0 heterocycles. The van der Waals surface area contributed by atoms with Gasteiger partial charge in [0.05, 0.1) is 11.3 Å². The summed E-state index contributed by atoms with van der Waals surface area (Å²) in [5.41, 5.74) is 1.67. The van der Waals surface area contributed by atoms with Crippen molar-refractivity contribution in [2.45, 2.75) is 0 Å². The zero-order valence-electron chi connectivity index (χ0n) is 8.85. The van der Waals surface area contributed by atoms with E-state index in [1.807, 2.05) is 30.3 Å². The van der Waals surface area contributed by atoms with Crippen LogP contribution in [0.15, 0.2) is 53.0 Å². The normalized spacial score (nSPS) is 9.94. The fourth-order valence-electron chi connectivity index (χ4n) is 1.48. The molecule has 2 aromatic rings. The lowest BCUT2D eigenvalue weighted by molar-refractivity contribution is 0.0698. The molecule has 0 fully saturated rings. The maximum absolute atomic E-state index is 11.1. The first kappa shape index (κ1) is 11.7. The van der Waals surface area contributed by atoms with Gasteiger partial charge in [0.15, 0.2) is 0 Å². The number of rotatable bonds is 3.